The lowest BCUT2D eigenvalue weighted by Gasteiger charge is -2.07. The van der Waals surface area contributed by atoms with Crippen LogP contribution in [0.5, 0.6) is 0 Å². The first kappa shape index (κ1) is 14.0. The molecule has 4 nitrogen and oxygen atoms in total. The van der Waals surface area contributed by atoms with E-state index in [1.807, 2.05) is 60.8 Å². The molecule has 0 aliphatic heterocycles. The molecule has 0 saturated heterocycles. The van der Waals surface area contributed by atoms with Gasteiger partial charge in [0.1, 0.15) is 5.82 Å². The van der Waals surface area contributed by atoms with Crippen LogP contribution in [0.3, 0.4) is 0 Å². The van der Waals surface area contributed by atoms with Crippen molar-refractivity contribution in [2.75, 3.05) is 5.73 Å². The first-order valence-electron chi connectivity index (χ1n) is 7.17. The second kappa shape index (κ2) is 5.52. The van der Waals surface area contributed by atoms with Gasteiger partial charge in [-0.1, -0.05) is 58.4 Å². The van der Waals surface area contributed by atoms with Crippen molar-refractivity contribution in [2.24, 2.45) is 0 Å². The number of nitrogen functional groups attached to an aromatic ring is 1. The van der Waals surface area contributed by atoms with Crippen molar-refractivity contribution < 1.29 is 0 Å². The zero-order chi connectivity index (χ0) is 15.8. The molecule has 0 saturated carbocycles. The van der Waals surface area contributed by atoms with Crippen LogP contribution in [-0.4, -0.2) is 14.6 Å². The molecule has 0 fully saturated rings. The van der Waals surface area contributed by atoms with Gasteiger partial charge in [-0.2, -0.15) is 9.61 Å². The molecule has 0 aliphatic rings. The number of hydrogen-bond donors (Lipinski definition) is 1. The molecule has 0 unspecified atom stereocenters. The lowest BCUT2D eigenvalue weighted by Crippen LogP contribution is -2.02. The second-order valence-electron chi connectivity index (χ2n) is 5.22. The van der Waals surface area contributed by atoms with E-state index in [0.717, 1.165) is 32.4 Å². The van der Waals surface area contributed by atoms with E-state index >= 15 is 0 Å². The SMILES string of the molecule is Nc1c(-c2ccccc2)cnc2c(-c3ccc(Br)cc3)cnn12. The number of rotatable bonds is 2. The monoisotopic (exact) mass is 364 g/mol. The number of anilines is 1. The Morgan fingerprint density at radius 2 is 1.52 bits per heavy atom. The van der Waals surface area contributed by atoms with Gasteiger partial charge in [0.15, 0.2) is 5.65 Å². The van der Waals surface area contributed by atoms with E-state index in [4.69, 9.17) is 5.73 Å². The molecule has 5 heteroatoms. The molecule has 0 radical (unpaired) electrons. The van der Waals surface area contributed by atoms with Crippen molar-refractivity contribution in [3.63, 3.8) is 0 Å². The van der Waals surface area contributed by atoms with Crippen LogP contribution in [-0.2, 0) is 0 Å². The van der Waals surface area contributed by atoms with Gasteiger partial charge in [-0.25, -0.2) is 4.98 Å². The van der Waals surface area contributed by atoms with Gasteiger partial charge < -0.3 is 5.73 Å². The molecule has 0 amide bonds. The van der Waals surface area contributed by atoms with E-state index in [0.29, 0.717) is 5.82 Å². The summed E-state index contributed by atoms with van der Waals surface area (Å²) >= 11 is 3.45. The van der Waals surface area contributed by atoms with Gasteiger partial charge in [-0.05, 0) is 23.3 Å². The minimum absolute atomic E-state index is 0.588. The van der Waals surface area contributed by atoms with E-state index in [-0.39, 0.29) is 0 Å². The maximum Gasteiger partial charge on any atom is 0.165 e. The number of fused-ring (bicyclic) bond motifs is 1. The highest BCUT2D eigenvalue weighted by Gasteiger charge is 2.13. The van der Waals surface area contributed by atoms with Crippen LogP contribution < -0.4 is 5.73 Å². The van der Waals surface area contributed by atoms with Gasteiger partial charge in [0, 0.05) is 21.8 Å². The highest BCUT2D eigenvalue weighted by Crippen LogP contribution is 2.30. The summed E-state index contributed by atoms with van der Waals surface area (Å²) in [6.45, 7) is 0. The Labute approximate surface area is 141 Å². The molecule has 23 heavy (non-hydrogen) atoms. The molecular weight excluding hydrogens is 352 g/mol. The highest BCUT2D eigenvalue weighted by atomic mass is 79.9. The fourth-order valence-corrected chi connectivity index (χ4v) is 2.89. The van der Waals surface area contributed by atoms with Crippen LogP contribution in [0.2, 0.25) is 0 Å². The summed E-state index contributed by atoms with van der Waals surface area (Å²) in [5, 5.41) is 4.42. The van der Waals surface area contributed by atoms with Crippen LogP contribution in [0.25, 0.3) is 27.9 Å². The molecule has 0 atom stereocenters. The normalized spacial score (nSPS) is 11.0. The molecule has 112 valence electrons. The van der Waals surface area contributed by atoms with E-state index in [1.165, 1.54) is 0 Å². The third-order valence-electron chi connectivity index (χ3n) is 3.80. The molecule has 0 bridgehead atoms. The Morgan fingerprint density at radius 1 is 0.826 bits per heavy atom. The molecule has 0 spiro atoms. The zero-order valence-corrected chi connectivity index (χ0v) is 13.7. The zero-order valence-electron chi connectivity index (χ0n) is 12.1. The summed E-state index contributed by atoms with van der Waals surface area (Å²) in [4.78, 5) is 4.59. The Morgan fingerprint density at radius 3 is 2.26 bits per heavy atom. The van der Waals surface area contributed by atoms with Gasteiger partial charge in [0.2, 0.25) is 0 Å². The third-order valence-corrected chi connectivity index (χ3v) is 4.33. The molecular formula is C18H13BrN4. The predicted octanol–water partition coefficient (Wildman–Crippen LogP) is 4.41. The summed E-state index contributed by atoms with van der Waals surface area (Å²) in [5.41, 5.74) is 11.0. The predicted molar refractivity (Wildman–Crippen MR) is 96.0 cm³/mol. The van der Waals surface area contributed by atoms with Crippen LogP contribution >= 0.6 is 15.9 Å². The maximum absolute atomic E-state index is 6.32. The molecule has 2 aromatic carbocycles. The minimum atomic E-state index is 0.588. The lowest BCUT2D eigenvalue weighted by molar-refractivity contribution is 0.954. The lowest BCUT2D eigenvalue weighted by atomic mass is 10.1. The molecule has 2 aromatic heterocycles. The van der Waals surface area contributed by atoms with Crippen molar-refractivity contribution in [3.05, 3.63) is 71.5 Å². The quantitative estimate of drug-likeness (QED) is 0.573. The van der Waals surface area contributed by atoms with Gasteiger partial charge in [-0.15, -0.1) is 0 Å². The number of nitrogens with zero attached hydrogens (tertiary/aromatic N) is 3. The molecule has 4 rings (SSSR count). The van der Waals surface area contributed by atoms with Gasteiger partial charge >= 0.3 is 0 Å². The topological polar surface area (TPSA) is 56.2 Å². The van der Waals surface area contributed by atoms with Crippen LogP contribution in [0.4, 0.5) is 5.82 Å². The summed E-state index contributed by atoms with van der Waals surface area (Å²) in [6, 6.07) is 18.0. The number of aromatic nitrogens is 3. The fourth-order valence-electron chi connectivity index (χ4n) is 2.62. The van der Waals surface area contributed by atoms with E-state index < -0.39 is 0 Å². The van der Waals surface area contributed by atoms with Crippen LogP contribution in [0.15, 0.2) is 71.5 Å². The summed E-state index contributed by atoms with van der Waals surface area (Å²) < 4.78 is 2.73. The third kappa shape index (κ3) is 2.39. The van der Waals surface area contributed by atoms with E-state index in [2.05, 4.69) is 26.0 Å². The summed E-state index contributed by atoms with van der Waals surface area (Å²) in [6.07, 6.45) is 3.61. The minimum Gasteiger partial charge on any atom is -0.383 e. The Balaban J connectivity index is 1.89. The van der Waals surface area contributed by atoms with Crippen molar-refractivity contribution in [3.8, 4) is 22.3 Å². The van der Waals surface area contributed by atoms with Crippen LogP contribution in [0.1, 0.15) is 0 Å². The highest BCUT2D eigenvalue weighted by molar-refractivity contribution is 9.10. The van der Waals surface area contributed by atoms with Gasteiger partial charge in [0.25, 0.3) is 0 Å². The summed E-state index contributed by atoms with van der Waals surface area (Å²) in [5.74, 6) is 0.588. The molecule has 2 heterocycles. The molecule has 0 aliphatic carbocycles. The maximum atomic E-state index is 6.32. The van der Waals surface area contributed by atoms with E-state index in [9.17, 15) is 0 Å². The average Bonchev–Trinajstić information content (AvgIpc) is 3.02. The largest absolute Gasteiger partial charge is 0.383 e. The van der Waals surface area contributed by atoms with Gasteiger partial charge in [0.05, 0.1) is 6.20 Å². The van der Waals surface area contributed by atoms with E-state index in [1.54, 1.807) is 10.7 Å². The molecule has 2 N–H and O–H groups in total. The van der Waals surface area contributed by atoms with Crippen molar-refractivity contribution in [2.45, 2.75) is 0 Å². The second-order valence-corrected chi connectivity index (χ2v) is 6.14. The number of halogens is 1. The fraction of sp³-hybridized carbons (Fsp3) is 0. The van der Waals surface area contributed by atoms with Gasteiger partial charge in [-0.3, -0.25) is 0 Å². The first-order valence-corrected chi connectivity index (χ1v) is 7.97. The smallest absolute Gasteiger partial charge is 0.165 e. The number of nitrogens with two attached hydrogens (primary N) is 1. The summed E-state index contributed by atoms with van der Waals surface area (Å²) in [7, 11) is 0. The van der Waals surface area contributed by atoms with Crippen molar-refractivity contribution >= 4 is 27.4 Å². The Bertz CT molecular complexity index is 975. The number of benzene rings is 2. The molecule has 4 aromatic rings. The number of hydrogen-bond acceptors (Lipinski definition) is 3. The standard InChI is InChI=1S/C18H13BrN4/c19-14-8-6-13(7-9-14)16-11-22-23-17(20)15(10-21-18(16)23)12-4-2-1-3-5-12/h1-11H,20H2. The van der Waals surface area contributed by atoms with Crippen molar-refractivity contribution in [1.29, 1.82) is 0 Å². The Hall–Kier alpha value is -2.66. The average molecular weight is 365 g/mol. The van der Waals surface area contributed by atoms with Crippen molar-refractivity contribution in [1.82, 2.24) is 14.6 Å². The van der Waals surface area contributed by atoms with Crippen LogP contribution in [0, 0.1) is 0 Å². The Kier molecular flexibility index (Phi) is 3.35. The first-order chi connectivity index (χ1) is 11.2.